The molecule has 0 saturated carbocycles. The highest BCUT2D eigenvalue weighted by atomic mass is 35.5. The molecule has 2 heterocycles. The van der Waals surface area contributed by atoms with Gasteiger partial charge in [-0.2, -0.15) is 0 Å². The molecule has 2 aromatic carbocycles. The molecule has 0 unspecified atom stereocenters. The number of fused-ring (bicyclic) bond motifs is 1. The Kier molecular flexibility index (Phi) is 5.09. The van der Waals surface area contributed by atoms with Gasteiger partial charge in [0.05, 0.1) is 10.6 Å². The lowest BCUT2D eigenvalue weighted by Gasteiger charge is -2.15. The van der Waals surface area contributed by atoms with Crippen LogP contribution in [0.25, 0.3) is 11.1 Å². The molecule has 28 heavy (non-hydrogen) atoms. The lowest BCUT2D eigenvalue weighted by Crippen LogP contribution is -2.25. The molecular formula is C22H17ClF2N2O. The van der Waals surface area contributed by atoms with Crippen LogP contribution in [-0.4, -0.2) is 22.3 Å². The third-order valence-corrected chi connectivity index (χ3v) is 5.24. The van der Waals surface area contributed by atoms with Crippen LogP contribution >= 0.6 is 11.6 Å². The predicted molar refractivity (Wildman–Crippen MR) is 104 cm³/mol. The zero-order valence-electron chi connectivity index (χ0n) is 15.0. The summed E-state index contributed by atoms with van der Waals surface area (Å²) >= 11 is 6.40. The number of aromatic nitrogens is 1. The summed E-state index contributed by atoms with van der Waals surface area (Å²) in [5, 5.41) is 0.432. The first kappa shape index (κ1) is 18.6. The van der Waals surface area contributed by atoms with Crippen LogP contribution in [0.2, 0.25) is 5.02 Å². The number of amides is 1. The van der Waals surface area contributed by atoms with Gasteiger partial charge in [0.25, 0.3) is 5.91 Å². The normalized spacial score (nSPS) is 13.1. The quantitative estimate of drug-likeness (QED) is 0.586. The average molecular weight is 399 g/mol. The molecule has 0 aliphatic carbocycles. The zero-order valence-corrected chi connectivity index (χ0v) is 15.7. The van der Waals surface area contributed by atoms with Crippen molar-refractivity contribution in [3.8, 4) is 11.1 Å². The van der Waals surface area contributed by atoms with E-state index in [1.54, 1.807) is 23.4 Å². The fraction of sp³-hybridized carbons (Fsp3) is 0.182. The summed E-state index contributed by atoms with van der Waals surface area (Å²) in [6.07, 6.45) is 4.43. The highest BCUT2D eigenvalue weighted by Gasteiger charge is 2.30. The summed E-state index contributed by atoms with van der Waals surface area (Å²) in [4.78, 5) is 18.5. The van der Waals surface area contributed by atoms with Crippen molar-refractivity contribution in [1.82, 2.24) is 9.88 Å². The maximum Gasteiger partial charge on any atom is 0.256 e. The van der Waals surface area contributed by atoms with E-state index in [1.165, 1.54) is 12.1 Å². The van der Waals surface area contributed by atoms with E-state index in [4.69, 9.17) is 11.6 Å². The summed E-state index contributed by atoms with van der Waals surface area (Å²) in [7, 11) is 0. The number of benzene rings is 2. The number of pyridine rings is 1. The average Bonchev–Trinajstić information content (AvgIpc) is 3.00. The second-order valence-electron chi connectivity index (χ2n) is 6.79. The molecule has 1 aliphatic rings. The van der Waals surface area contributed by atoms with Crippen LogP contribution in [0, 0.1) is 11.6 Å². The van der Waals surface area contributed by atoms with Crippen molar-refractivity contribution < 1.29 is 13.6 Å². The number of rotatable bonds is 5. The van der Waals surface area contributed by atoms with Gasteiger partial charge >= 0.3 is 0 Å². The minimum Gasteiger partial charge on any atom is -0.334 e. The molecule has 0 atom stereocenters. The third-order valence-electron chi connectivity index (χ3n) is 4.94. The molecule has 3 nitrogen and oxygen atoms in total. The number of hydrogen-bond donors (Lipinski definition) is 0. The molecule has 0 radical (unpaired) electrons. The van der Waals surface area contributed by atoms with Gasteiger partial charge in [0.1, 0.15) is 11.6 Å². The fourth-order valence-corrected chi connectivity index (χ4v) is 3.86. The molecule has 1 amide bonds. The van der Waals surface area contributed by atoms with Crippen LogP contribution in [0.15, 0.2) is 54.9 Å². The number of carbonyl (C=O) groups excluding carboxylic acids is 1. The largest absolute Gasteiger partial charge is 0.334 e. The van der Waals surface area contributed by atoms with Gasteiger partial charge < -0.3 is 4.90 Å². The van der Waals surface area contributed by atoms with Crippen LogP contribution in [0.4, 0.5) is 8.78 Å². The number of hydrogen-bond acceptors (Lipinski definition) is 2. The topological polar surface area (TPSA) is 33.2 Å². The Morgan fingerprint density at radius 3 is 2.57 bits per heavy atom. The molecule has 6 heteroatoms. The smallest absolute Gasteiger partial charge is 0.256 e. The van der Waals surface area contributed by atoms with Crippen molar-refractivity contribution in [1.29, 1.82) is 0 Å². The number of carbonyl (C=O) groups is 1. The Balaban J connectivity index is 1.47. The molecule has 1 aromatic heterocycles. The lowest BCUT2D eigenvalue weighted by atomic mass is 10.0. The Labute approximate surface area is 166 Å². The highest BCUT2D eigenvalue weighted by Crippen LogP contribution is 2.34. The molecule has 0 bridgehead atoms. The second-order valence-corrected chi connectivity index (χ2v) is 7.20. The lowest BCUT2D eigenvalue weighted by molar-refractivity contribution is 0.0777. The van der Waals surface area contributed by atoms with Gasteiger partial charge in [-0.1, -0.05) is 17.7 Å². The van der Waals surface area contributed by atoms with Crippen molar-refractivity contribution >= 4 is 17.5 Å². The third kappa shape index (κ3) is 3.62. The maximum atomic E-state index is 13.8. The molecule has 1 aliphatic heterocycles. The summed E-state index contributed by atoms with van der Waals surface area (Å²) in [5.41, 5.74) is 3.79. The Hall–Kier alpha value is -2.79. The minimum atomic E-state index is -0.592. The number of halogens is 3. The van der Waals surface area contributed by atoms with E-state index in [0.717, 1.165) is 22.8 Å². The van der Waals surface area contributed by atoms with E-state index in [-0.39, 0.29) is 5.91 Å². The fourth-order valence-electron chi connectivity index (χ4n) is 3.54. The van der Waals surface area contributed by atoms with Gasteiger partial charge in [0.15, 0.2) is 0 Å². The van der Waals surface area contributed by atoms with E-state index in [2.05, 4.69) is 4.98 Å². The van der Waals surface area contributed by atoms with E-state index in [0.29, 0.717) is 42.1 Å². The number of nitrogens with zero attached hydrogens (tertiary/aromatic N) is 2. The Morgan fingerprint density at radius 2 is 1.82 bits per heavy atom. The van der Waals surface area contributed by atoms with Crippen LogP contribution in [0.1, 0.15) is 27.9 Å². The van der Waals surface area contributed by atoms with Crippen LogP contribution < -0.4 is 0 Å². The monoisotopic (exact) mass is 398 g/mol. The molecule has 0 saturated heterocycles. The van der Waals surface area contributed by atoms with Crippen LogP contribution in [-0.2, 0) is 13.0 Å². The first-order valence-corrected chi connectivity index (χ1v) is 9.37. The summed E-state index contributed by atoms with van der Waals surface area (Å²) in [6, 6.07) is 11.1. The van der Waals surface area contributed by atoms with Gasteiger partial charge in [0.2, 0.25) is 0 Å². The van der Waals surface area contributed by atoms with E-state index >= 15 is 0 Å². The van der Waals surface area contributed by atoms with E-state index in [1.807, 2.05) is 18.2 Å². The molecule has 142 valence electrons. The maximum absolute atomic E-state index is 13.8. The van der Waals surface area contributed by atoms with Gasteiger partial charge in [-0.25, -0.2) is 8.78 Å². The van der Waals surface area contributed by atoms with E-state index in [9.17, 15) is 13.6 Å². The van der Waals surface area contributed by atoms with Crippen molar-refractivity contribution in [2.45, 2.75) is 19.4 Å². The SMILES string of the molecule is O=C1c2c(Cl)cc(-c3ccncc3)cc2CN1CCCc1ccc(F)cc1F. The first-order valence-electron chi connectivity index (χ1n) is 8.99. The highest BCUT2D eigenvalue weighted by molar-refractivity contribution is 6.34. The Bertz CT molecular complexity index is 1040. The van der Waals surface area contributed by atoms with E-state index < -0.39 is 11.6 Å². The Morgan fingerprint density at radius 1 is 1.04 bits per heavy atom. The second kappa shape index (κ2) is 7.68. The summed E-state index contributed by atoms with van der Waals surface area (Å²) < 4.78 is 26.8. The van der Waals surface area contributed by atoms with Crippen molar-refractivity contribution in [2.75, 3.05) is 6.54 Å². The van der Waals surface area contributed by atoms with Crippen molar-refractivity contribution in [2.24, 2.45) is 0 Å². The van der Waals surface area contributed by atoms with Crippen molar-refractivity contribution in [3.63, 3.8) is 0 Å². The standard InChI is InChI=1S/C22H17ClF2N2O/c23-19-11-16(14-5-7-26-8-6-14)10-17-13-27(22(28)21(17)19)9-1-2-15-3-4-18(24)12-20(15)25/h3-8,10-12H,1-2,9,13H2. The molecule has 0 fully saturated rings. The van der Waals surface area contributed by atoms with Gasteiger partial charge in [0, 0.05) is 31.5 Å². The summed E-state index contributed by atoms with van der Waals surface area (Å²) in [5.74, 6) is -1.26. The van der Waals surface area contributed by atoms with Crippen molar-refractivity contribution in [3.05, 3.63) is 88.2 Å². The molecule has 0 N–H and O–H groups in total. The molecule has 4 rings (SSSR count). The van der Waals surface area contributed by atoms with Gasteiger partial charge in [-0.3, -0.25) is 9.78 Å². The predicted octanol–water partition coefficient (Wildman–Crippen LogP) is 5.27. The van der Waals surface area contributed by atoms with Gasteiger partial charge in [-0.15, -0.1) is 0 Å². The molecular weight excluding hydrogens is 382 g/mol. The van der Waals surface area contributed by atoms with Crippen LogP contribution in [0.5, 0.6) is 0 Å². The zero-order chi connectivity index (χ0) is 19.7. The molecule has 0 spiro atoms. The number of aryl methyl sites for hydroxylation is 1. The van der Waals surface area contributed by atoms with Crippen LogP contribution in [0.3, 0.4) is 0 Å². The van der Waals surface area contributed by atoms with Gasteiger partial charge in [-0.05, 0) is 65.4 Å². The summed E-state index contributed by atoms with van der Waals surface area (Å²) in [6.45, 7) is 0.948. The minimum absolute atomic E-state index is 0.110. The molecule has 3 aromatic rings. The first-order chi connectivity index (χ1) is 13.5.